The largest absolute Gasteiger partial charge is 0.510 e. The molecule has 0 aliphatic carbocycles. The Bertz CT molecular complexity index is 359. The van der Waals surface area contributed by atoms with Gasteiger partial charge in [0.05, 0.1) is 0 Å². The quantitative estimate of drug-likeness (QED) is 0.482. The molecule has 0 saturated carbocycles. The van der Waals surface area contributed by atoms with Gasteiger partial charge in [-0.05, 0) is 20.8 Å². The van der Waals surface area contributed by atoms with E-state index in [4.69, 9.17) is 14.7 Å². The number of hydrogen-bond donors (Lipinski definition) is 2. The highest BCUT2D eigenvalue weighted by Gasteiger charge is 2.21. The summed E-state index contributed by atoms with van der Waals surface area (Å²) in [6, 6.07) is 8.82. The molecule has 0 radical (unpaired) electrons. The van der Waals surface area contributed by atoms with E-state index < -0.39 is 18.0 Å². The molecular formula is C12H17NO4. The molecule has 0 aliphatic rings. The van der Waals surface area contributed by atoms with Crippen molar-refractivity contribution in [1.29, 1.82) is 0 Å². The standard InChI is InChI=1S/C12H17NO4/c1-12(2,3)17-11(14)16-10(13-15)9-7-5-4-6-8-9/h4-8,10,13,15H,1-3H3. The van der Waals surface area contributed by atoms with Crippen LogP contribution in [0.3, 0.4) is 0 Å². The molecular weight excluding hydrogens is 222 g/mol. The number of carbonyl (C=O) groups excluding carboxylic acids is 1. The topological polar surface area (TPSA) is 67.8 Å². The Morgan fingerprint density at radius 3 is 2.35 bits per heavy atom. The second kappa shape index (κ2) is 5.65. The molecule has 0 saturated heterocycles. The molecule has 1 unspecified atom stereocenters. The third kappa shape index (κ3) is 4.84. The molecule has 1 atom stereocenters. The van der Waals surface area contributed by atoms with Crippen LogP contribution in [0.5, 0.6) is 0 Å². The van der Waals surface area contributed by atoms with E-state index in [9.17, 15) is 4.79 Å². The average Bonchev–Trinajstić information content (AvgIpc) is 2.24. The summed E-state index contributed by atoms with van der Waals surface area (Å²) in [4.78, 5) is 11.4. The third-order valence-corrected chi connectivity index (χ3v) is 1.82. The lowest BCUT2D eigenvalue weighted by Crippen LogP contribution is -2.29. The monoisotopic (exact) mass is 239 g/mol. The normalized spacial score (nSPS) is 12.9. The van der Waals surface area contributed by atoms with E-state index in [1.807, 2.05) is 11.5 Å². The zero-order valence-corrected chi connectivity index (χ0v) is 10.1. The summed E-state index contributed by atoms with van der Waals surface area (Å²) in [6.45, 7) is 5.20. The van der Waals surface area contributed by atoms with Crippen molar-refractivity contribution in [3.63, 3.8) is 0 Å². The van der Waals surface area contributed by atoms with Crippen molar-refractivity contribution in [2.75, 3.05) is 0 Å². The van der Waals surface area contributed by atoms with Gasteiger partial charge in [-0.2, -0.15) is 5.48 Å². The van der Waals surface area contributed by atoms with E-state index in [-0.39, 0.29) is 0 Å². The molecule has 0 amide bonds. The zero-order chi connectivity index (χ0) is 12.9. The van der Waals surface area contributed by atoms with Gasteiger partial charge in [-0.1, -0.05) is 30.3 Å². The molecule has 17 heavy (non-hydrogen) atoms. The predicted octanol–water partition coefficient (Wildman–Crippen LogP) is 2.62. The number of nitrogens with one attached hydrogen (secondary N) is 1. The van der Waals surface area contributed by atoms with Crippen molar-refractivity contribution in [3.8, 4) is 0 Å². The summed E-state index contributed by atoms with van der Waals surface area (Å²) in [5.41, 5.74) is 1.91. The molecule has 0 spiro atoms. The summed E-state index contributed by atoms with van der Waals surface area (Å²) in [5, 5.41) is 8.94. The van der Waals surface area contributed by atoms with Crippen molar-refractivity contribution in [1.82, 2.24) is 5.48 Å². The molecule has 0 heterocycles. The summed E-state index contributed by atoms with van der Waals surface area (Å²) in [5.74, 6) is 0. The van der Waals surface area contributed by atoms with Gasteiger partial charge in [0.15, 0.2) is 0 Å². The lowest BCUT2D eigenvalue weighted by molar-refractivity contribution is -0.0692. The molecule has 1 aromatic carbocycles. The van der Waals surface area contributed by atoms with Crippen LogP contribution < -0.4 is 5.48 Å². The minimum absolute atomic E-state index is 0.626. The van der Waals surface area contributed by atoms with Crippen molar-refractivity contribution < 1.29 is 19.5 Å². The molecule has 5 nitrogen and oxygen atoms in total. The van der Waals surface area contributed by atoms with Crippen LogP contribution >= 0.6 is 0 Å². The first-order valence-electron chi connectivity index (χ1n) is 5.26. The Kier molecular flexibility index (Phi) is 4.48. The first kappa shape index (κ1) is 13.5. The van der Waals surface area contributed by atoms with Crippen molar-refractivity contribution in [2.45, 2.75) is 32.6 Å². The highest BCUT2D eigenvalue weighted by Crippen LogP contribution is 2.16. The van der Waals surface area contributed by atoms with Crippen LogP contribution in [0.15, 0.2) is 30.3 Å². The molecule has 1 aromatic rings. The molecule has 2 N–H and O–H groups in total. The van der Waals surface area contributed by atoms with Crippen LogP contribution in [0.1, 0.15) is 32.6 Å². The van der Waals surface area contributed by atoms with Crippen LogP contribution in [0.2, 0.25) is 0 Å². The van der Waals surface area contributed by atoms with Crippen LogP contribution in [0.4, 0.5) is 4.79 Å². The fourth-order valence-corrected chi connectivity index (χ4v) is 1.17. The van der Waals surface area contributed by atoms with E-state index in [1.165, 1.54) is 0 Å². The molecule has 0 aromatic heterocycles. The molecule has 0 aliphatic heterocycles. The fourth-order valence-electron chi connectivity index (χ4n) is 1.17. The minimum atomic E-state index is -0.939. The van der Waals surface area contributed by atoms with Gasteiger partial charge >= 0.3 is 6.16 Å². The van der Waals surface area contributed by atoms with Gasteiger partial charge < -0.3 is 14.7 Å². The Morgan fingerprint density at radius 2 is 1.88 bits per heavy atom. The Balaban J connectivity index is 2.62. The van der Waals surface area contributed by atoms with Crippen LogP contribution in [0.25, 0.3) is 0 Å². The molecule has 94 valence electrons. The molecule has 5 heteroatoms. The van der Waals surface area contributed by atoms with E-state index in [0.29, 0.717) is 5.56 Å². The SMILES string of the molecule is CC(C)(C)OC(=O)OC(NO)c1ccccc1. The predicted molar refractivity (Wildman–Crippen MR) is 61.4 cm³/mol. The van der Waals surface area contributed by atoms with Crippen LogP contribution in [0, 0.1) is 0 Å². The average molecular weight is 239 g/mol. The zero-order valence-electron chi connectivity index (χ0n) is 10.1. The highest BCUT2D eigenvalue weighted by atomic mass is 16.7. The number of hydroxylamine groups is 1. The Hall–Kier alpha value is -1.59. The van der Waals surface area contributed by atoms with E-state index >= 15 is 0 Å². The third-order valence-electron chi connectivity index (χ3n) is 1.82. The number of ether oxygens (including phenoxy) is 2. The molecule has 0 bridgehead atoms. The van der Waals surface area contributed by atoms with Crippen molar-refractivity contribution in [2.24, 2.45) is 0 Å². The van der Waals surface area contributed by atoms with E-state index in [1.54, 1.807) is 45.0 Å². The lowest BCUT2D eigenvalue weighted by Gasteiger charge is -2.22. The highest BCUT2D eigenvalue weighted by molar-refractivity contribution is 5.60. The number of benzene rings is 1. The number of carbonyl (C=O) groups is 1. The van der Waals surface area contributed by atoms with Crippen LogP contribution in [-0.4, -0.2) is 17.0 Å². The maximum atomic E-state index is 11.4. The van der Waals surface area contributed by atoms with Crippen molar-refractivity contribution >= 4 is 6.16 Å². The first-order chi connectivity index (χ1) is 7.92. The minimum Gasteiger partial charge on any atom is -0.429 e. The smallest absolute Gasteiger partial charge is 0.429 e. The summed E-state index contributed by atoms with van der Waals surface area (Å²) in [7, 11) is 0. The second-order valence-electron chi connectivity index (χ2n) is 4.50. The van der Waals surface area contributed by atoms with Gasteiger partial charge in [0, 0.05) is 5.56 Å². The molecule has 0 fully saturated rings. The number of hydrogen-bond acceptors (Lipinski definition) is 5. The Labute approximate surface area is 100 Å². The number of rotatable bonds is 3. The van der Waals surface area contributed by atoms with Gasteiger partial charge in [-0.25, -0.2) is 4.79 Å². The van der Waals surface area contributed by atoms with Gasteiger partial charge in [0.1, 0.15) is 5.60 Å². The van der Waals surface area contributed by atoms with Crippen molar-refractivity contribution in [3.05, 3.63) is 35.9 Å². The van der Waals surface area contributed by atoms with E-state index in [2.05, 4.69) is 0 Å². The first-order valence-corrected chi connectivity index (χ1v) is 5.26. The Morgan fingerprint density at radius 1 is 1.29 bits per heavy atom. The summed E-state index contributed by atoms with van der Waals surface area (Å²) < 4.78 is 9.92. The maximum Gasteiger partial charge on any atom is 0.510 e. The summed E-state index contributed by atoms with van der Waals surface area (Å²) >= 11 is 0. The lowest BCUT2D eigenvalue weighted by atomic mass is 10.2. The fraction of sp³-hybridized carbons (Fsp3) is 0.417. The molecule has 1 rings (SSSR count). The maximum absolute atomic E-state index is 11.4. The van der Waals surface area contributed by atoms with Crippen LogP contribution in [-0.2, 0) is 9.47 Å². The van der Waals surface area contributed by atoms with Gasteiger partial charge in [-0.3, -0.25) is 0 Å². The van der Waals surface area contributed by atoms with Gasteiger partial charge in [0.2, 0.25) is 6.23 Å². The van der Waals surface area contributed by atoms with Gasteiger partial charge in [-0.15, -0.1) is 0 Å². The van der Waals surface area contributed by atoms with Gasteiger partial charge in [0.25, 0.3) is 0 Å². The van der Waals surface area contributed by atoms with E-state index in [0.717, 1.165) is 0 Å². The summed E-state index contributed by atoms with van der Waals surface area (Å²) in [6.07, 6.45) is -1.78. The second-order valence-corrected chi connectivity index (χ2v) is 4.50.